The van der Waals surface area contributed by atoms with E-state index >= 15 is 0 Å². The van der Waals surface area contributed by atoms with Gasteiger partial charge in [-0.05, 0) is 36.6 Å². The van der Waals surface area contributed by atoms with Gasteiger partial charge in [0.05, 0.1) is 6.10 Å². The van der Waals surface area contributed by atoms with E-state index in [0.717, 1.165) is 28.6 Å². The van der Waals surface area contributed by atoms with Gasteiger partial charge in [0, 0.05) is 28.6 Å². The van der Waals surface area contributed by atoms with Gasteiger partial charge in [-0.25, -0.2) is 0 Å². The number of nitrogens with one attached hydrogen (secondary N) is 1. The quantitative estimate of drug-likeness (QED) is 0.899. The summed E-state index contributed by atoms with van der Waals surface area (Å²) < 4.78 is 7.83. The first kappa shape index (κ1) is 12.6. The normalized spacial score (nSPS) is 20.2. The Kier molecular flexibility index (Phi) is 4.82. The van der Waals surface area contributed by atoms with Gasteiger partial charge in [0.25, 0.3) is 0 Å². The van der Waals surface area contributed by atoms with Crippen molar-refractivity contribution in [1.82, 2.24) is 5.32 Å². The minimum atomic E-state index is 0.408. The highest BCUT2D eigenvalue weighted by atomic mass is 79.9. The highest BCUT2D eigenvalue weighted by molar-refractivity contribution is 9.11. The molecule has 1 aromatic carbocycles. The van der Waals surface area contributed by atoms with Gasteiger partial charge >= 0.3 is 0 Å². The molecule has 0 bridgehead atoms. The molecule has 1 aliphatic rings. The van der Waals surface area contributed by atoms with Crippen LogP contribution in [0.1, 0.15) is 18.4 Å². The number of hydrogen-bond donors (Lipinski definition) is 1. The summed E-state index contributed by atoms with van der Waals surface area (Å²) in [7, 11) is 0. The summed E-state index contributed by atoms with van der Waals surface area (Å²) in [6, 6.07) is 6.23. The van der Waals surface area contributed by atoms with E-state index in [0.29, 0.717) is 6.10 Å². The van der Waals surface area contributed by atoms with Crippen LogP contribution in [0.5, 0.6) is 0 Å². The summed E-state index contributed by atoms with van der Waals surface area (Å²) in [6.45, 7) is 2.74. The highest BCUT2D eigenvalue weighted by Crippen LogP contribution is 2.21. The molecule has 88 valence electrons. The van der Waals surface area contributed by atoms with Crippen LogP contribution in [0, 0.1) is 0 Å². The SMILES string of the molecule is Brc1ccc(Br)c(CNCC2CCCO2)c1. The van der Waals surface area contributed by atoms with Crippen LogP contribution in [-0.4, -0.2) is 19.3 Å². The molecule has 1 atom stereocenters. The first-order valence-corrected chi connectivity index (χ1v) is 7.10. The maximum Gasteiger partial charge on any atom is 0.0700 e. The third-order valence-corrected chi connectivity index (χ3v) is 3.99. The van der Waals surface area contributed by atoms with Crippen LogP contribution in [0.3, 0.4) is 0 Å². The Morgan fingerprint density at radius 3 is 3.00 bits per heavy atom. The largest absolute Gasteiger partial charge is 0.377 e. The molecule has 1 fully saturated rings. The predicted octanol–water partition coefficient (Wildman–Crippen LogP) is 3.48. The summed E-state index contributed by atoms with van der Waals surface area (Å²) in [4.78, 5) is 0. The fourth-order valence-electron chi connectivity index (χ4n) is 1.85. The van der Waals surface area contributed by atoms with E-state index in [4.69, 9.17) is 4.74 Å². The fraction of sp³-hybridized carbons (Fsp3) is 0.500. The van der Waals surface area contributed by atoms with E-state index in [1.54, 1.807) is 0 Å². The molecule has 0 aromatic heterocycles. The topological polar surface area (TPSA) is 21.3 Å². The molecule has 0 radical (unpaired) electrons. The van der Waals surface area contributed by atoms with Gasteiger partial charge in [-0.3, -0.25) is 0 Å². The summed E-state index contributed by atoms with van der Waals surface area (Å²) in [5.74, 6) is 0. The van der Waals surface area contributed by atoms with Crippen LogP contribution in [0.4, 0.5) is 0 Å². The lowest BCUT2D eigenvalue weighted by Gasteiger charge is -2.11. The lowest BCUT2D eigenvalue weighted by Crippen LogP contribution is -2.25. The maximum atomic E-state index is 5.56. The Bertz CT molecular complexity index is 351. The van der Waals surface area contributed by atoms with Crippen molar-refractivity contribution in [3.8, 4) is 0 Å². The van der Waals surface area contributed by atoms with Crippen molar-refractivity contribution in [1.29, 1.82) is 0 Å². The molecule has 0 amide bonds. The van der Waals surface area contributed by atoms with Crippen LogP contribution in [0.2, 0.25) is 0 Å². The van der Waals surface area contributed by atoms with Gasteiger partial charge < -0.3 is 10.1 Å². The average Bonchev–Trinajstić information content (AvgIpc) is 2.76. The molecule has 1 aromatic rings. The van der Waals surface area contributed by atoms with Crippen LogP contribution in [0.15, 0.2) is 27.1 Å². The zero-order valence-corrected chi connectivity index (χ0v) is 12.2. The molecule has 0 spiro atoms. The van der Waals surface area contributed by atoms with Gasteiger partial charge in [0.2, 0.25) is 0 Å². The minimum Gasteiger partial charge on any atom is -0.377 e. The van der Waals surface area contributed by atoms with E-state index in [1.807, 2.05) is 6.07 Å². The molecule has 4 heteroatoms. The first-order chi connectivity index (χ1) is 7.75. The Morgan fingerprint density at radius 2 is 2.25 bits per heavy atom. The second-order valence-corrected chi connectivity index (χ2v) is 5.77. The van der Waals surface area contributed by atoms with Gasteiger partial charge in [0.1, 0.15) is 0 Å². The van der Waals surface area contributed by atoms with Crippen molar-refractivity contribution < 1.29 is 4.74 Å². The van der Waals surface area contributed by atoms with Gasteiger partial charge in [-0.1, -0.05) is 31.9 Å². The van der Waals surface area contributed by atoms with Crippen molar-refractivity contribution in [3.63, 3.8) is 0 Å². The molecular weight excluding hydrogens is 334 g/mol. The molecule has 1 saturated heterocycles. The number of halogens is 2. The fourth-order valence-corrected chi connectivity index (χ4v) is 2.65. The number of ether oxygens (including phenoxy) is 1. The van der Waals surface area contributed by atoms with Crippen molar-refractivity contribution in [2.75, 3.05) is 13.2 Å². The second-order valence-electron chi connectivity index (χ2n) is 4.00. The minimum absolute atomic E-state index is 0.408. The Balaban J connectivity index is 1.82. The highest BCUT2D eigenvalue weighted by Gasteiger charge is 2.14. The molecule has 0 aliphatic carbocycles. The summed E-state index contributed by atoms with van der Waals surface area (Å²) in [5.41, 5.74) is 1.27. The lowest BCUT2D eigenvalue weighted by atomic mass is 10.2. The standard InChI is InChI=1S/C12H15Br2NO/c13-10-3-4-12(14)9(6-10)7-15-8-11-2-1-5-16-11/h3-4,6,11,15H,1-2,5,7-8H2. The van der Waals surface area contributed by atoms with E-state index in [9.17, 15) is 0 Å². The third-order valence-electron chi connectivity index (χ3n) is 2.72. The Hall–Kier alpha value is 0.1000. The molecular formula is C12H15Br2NO. The van der Waals surface area contributed by atoms with Crippen LogP contribution in [-0.2, 0) is 11.3 Å². The smallest absolute Gasteiger partial charge is 0.0700 e. The van der Waals surface area contributed by atoms with E-state index in [-0.39, 0.29) is 0 Å². The number of hydrogen-bond acceptors (Lipinski definition) is 2. The van der Waals surface area contributed by atoms with Crippen LogP contribution >= 0.6 is 31.9 Å². The Morgan fingerprint density at radius 1 is 1.38 bits per heavy atom. The van der Waals surface area contributed by atoms with Crippen molar-refractivity contribution in [2.45, 2.75) is 25.5 Å². The van der Waals surface area contributed by atoms with Gasteiger partial charge in [0.15, 0.2) is 0 Å². The van der Waals surface area contributed by atoms with Crippen molar-refractivity contribution in [2.24, 2.45) is 0 Å². The average molecular weight is 349 g/mol. The predicted molar refractivity (Wildman–Crippen MR) is 72.5 cm³/mol. The summed E-state index contributed by atoms with van der Waals surface area (Å²) >= 11 is 7.03. The second kappa shape index (κ2) is 6.15. The molecule has 1 heterocycles. The molecule has 2 nitrogen and oxygen atoms in total. The monoisotopic (exact) mass is 347 g/mol. The Labute approximate surface area is 113 Å². The lowest BCUT2D eigenvalue weighted by molar-refractivity contribution is 0.110. The molecule has 1 aliphatic heterocycles. The number of rotatable bonds is 4. The maximum absolute atomic E-state index is 5.56. The third kappa shape index (κ3) is 3.55. The molecule has 1 unspecified atom stereocenters. The summed E-state index contributed by atoms with van der Waals surface area (Å²) in [5, 5.41) is 3.44. The first-order valence-electron chi connectivity index (χ1n) is 5.52. The molecule has 16 heavy (non-hydrogen) atoms. The molecule has 0 saturated carbocycles. The zero-order chi connectivity index (χ0) is 11.4. The zero-order valence-electron chi connectivity index (χ0n) is 9.01. The van der Waals surface area contributed by atoms with Crippen LogP contribution in [0.25, 0.3) is 0 Å². The van der Waals surface area contributed by atoms with E-state index in [1.165, 1.54) is 18.4 Å². The molecule has 2 rings (SSSR count). The molecule has 1 N–H and O–H groups in total. The van der Waals surface area contributed by atoms with E-state index in [2.05, 4.69) is 49.3 Å². The van der Waals surface area contributed by atoms with Crippen molar-refractivity contribution in [3.05, 3.63) is 32.7 Å². The van der Waals surface area contributed by atoms with Crippen LogP contribution < -0.4 is 5.32 Å². The number of benzene rings is 1. The van der Waals surface area contributed by atoms with Crippen molar-refractivity contribution >= 4 is 31.9 Å². The van der Waals surface area contributed by atoms with Gasteiger partial charge in [-0.2, -0.15) is 0 Å². The van der Waals surface area contributed by atoms with E-state index < -0.39 is 0 Å². The summed E-state index contributed by atoms with van der Waals surface area (Å²) in [6.07, 6.45) is 2.80. The van der Waals surface area contributed by atoms with Gasteiger partial charge in [-0.15, -0.1) is 0 Å².